The summed E-state index contributed by atoms with van der Waals surface area (Å²) in [4.78, 5) is 2.58. The van der Waals surface area contributed by atoms with Crippen LogP contribution in [0.1, 0.15) is 44.6 Å². The molecule has 0 saturated carbocycles. The Hall–Kier alpha value is -0.730. The van der Waals surface area contributed by atoms with E-state index in [4.69, 9.17) is 17.3 Å². The van der Waals surface area contributed by atoms with Crippen molar-refractivity contribution >= 4 is 17.3 Å². The number of piperidine rings is 1. The van der Waals surface area contributed by atoms with Crippen LogP contribution in [0.25, 0.3) is 0 Å². The zero-order valence-electron chi connectivity index (χ0n) is 11.2. The minimum Gasteiger partial charge on any atom is -0.399 e. The average molecular weight is 267 g/mol. The summed E-state index contributed by atoms with van der Waals surface area (Å²) in [5, 5.41) is 0.838. The molecule has 2 nitrogen and oxygen atoms in total. The lowest BCUT2D eigenvalue weighted by atomic mass is 9.97. The maximum absolute atomic E-state index is 6.26. The molecule has 1 fully saturated rings. The molecule has 0 aromatic heterocycles. The fourth-order valence-electron chi connectivity index (χ4n) is 2.86. The maximum atomic E-state index is 6.26. The number of anilines is 1. The number of halogens is 1. The molecule has 1 aromatic carbocycles. The first-order valence-electron chi connectivity index (χ1n) is 6.98. The normalized spacial score (nSPS) is 21.1. The second-order valence-electron chi connectivity index (χ2n) is 5.26. The summed E-state index contributed by atoms with van der Waals surface area (Å²) >= 11 is 6.26. The van der Waals surface area contributed by atoms with Crippen LogP contribution in [0.15, 0.2) is 18.2 Å². The van der Waals surface area contributed by atoms with Crippen LogP contribution in [0.3, 0.4) is 0 Å². The van der Waals surface area contributed by atoms with Gasteiger partial charge in [0.15, 0.2) is 0 Å². The van der Waals surface area contributed by atoms with Crippen molar-refractivity contribution in [3.63, 3.8) is 0 Å². The molecule has 18 heavy (non-hydrogen) atoms. The van der Waals surface area contributed by atoms with Crippen LogP contribution in [-0.4, -0.2) is 17.5 Å². The predicted molar refractivity (Wildman–Crippen MR) is 78.8 cm³/mol. The molecular formula is C15H23ClN2. The van der Waals surface area contributed by atoms with E-state index in [0.29, 0.717) is 0 Å². The molecule has 1 unspecified atom stereocenters. The van der Waals surface area contributed by atoms with Gasteiger partial charge < -0.3 is 5.73 Å². The van der Waals surface area contributed by atoms with Gasteiger partial charge in [0.25, 0.3) is 0 Å². The molecule has 2 N–H and O–H groups in total. The van der Waals surface area contributed by atoms with Crippen molar-refractivity contribution in [1.82, 2.24) is 4.90 Å². The van der Waals surface area contributed by atoms with E-state index >= 15 is 0 Å². The highest BCUT2D eigenvalue weighted by Crippen LogP contribution is 2.26. The molecule has 0 amide bonds. The van der Waals surface area contributed by atoms with E-state index in [0.717, 1.165) is 23.3 Å². The Kier molecular flexibility index (Phi) is 4.90. The first kappa shape index (κ1) is 13.7. The van der Waals surface area contributed by atoms with E-state index < -0.39 is 0 Å². The number of rotatable bonds is 4. The van der Waals surface area contributed by atoms with Gasteiger partial charge in [0.05, 0.1) is 0 Å². The average Bonchev–Trinajstić information content (AvgIpc) is 2.36. The van der Waals surface area contributed by atoms with Crippen LogP contribution < -0.4 is 5.73 Å². The Labute approximate surface area is 115 Å². The van der Waals surface area contributed by atoms with Gasteiger partial charge in [-0.05, 0) is 49.6 Å². The van der Waals surface area contributed by atoms with Gasteiger partial charge in [0, 0.05) is 23.3 Å². The highest BCUT2D eigenvalue weighted by Gasteiger charge is 2.22. The minimum atomic E-state index is 0.723. The van der Waals surface area contributed by atoms with E-state index in [1.165, 1.54) is 44.2 Å². The van der Waals surface area contributed by atoms with E-state index in [1.807, 2.05) is 18.2 Å². The van der Waals surface area contributed by atoms with Crippen LogP contribution in [0.4, 0.5) is 5.69 Å². The molecule has 1 aliphatic rings. The molecule has 0 radical (unpaired) electrons. The fourth-order valence-corrected chi connectivity index (χ4v) is 3.04. The number of nitrogens with two attached hydrogens (primary N) is 1. The highest BCUT2D eigenvalue weighted by atomic mass is 35.5. The smallest absolute Gasteiger partial charge is 0.0452 e. The second-order valence-corrected chi connectivity index (χ2v) is 5.67. The van der Waals surface area contributed by atoms with Crippen molar-refractivity contribution in [3.05, 3.63) is 28.8 Å². The lowest BCUT2D eigenvalue weighted by Gasteiger charge is -2.36. The number of nitrogens with zero attached hydrogens (tertiary/aromatic N) is 1. The summed E-state index contributed by atoms with van der Waals surface area (Å²) in [7, 11) is 0. The Morgan fingerprint density at radius 1 is 1.39 bits per heavy atom. The third-order valence-corrected chi connectivity index (χ3v) is 4.18. The SMILES string of the molecule is CCCC1CCCCN1Cc1cc(N)ccc1Cl. The van der Waals surface area contributed by atoms with Crippen molar-refractivity contribution in [2.24, 2.45) is 0 Å². The summed E-state index contributed by atoms with van der Waals surface area (Å²) < 4.78 is 0. The molecular weight excluding hydrogens is 244 g/mol. The summed E-state index contributed by atoms with van der Waals surface area (Å²) in [5.74, 6) is 0. The van der Waals surface area contributed by atoms with Crippen molar-refractivity contribution in [2.45, 2.75) is 51.6 Å². The van der Waals surface area contributed by atoms with E-state index in [9.17, 15) is 0 Å². The Morgan fingerprint density at radius 2 is 2.22 bits per heavy atom. The van der Waals surface area contributed by atoms with Gasteiger partial charge >= 0.3 is 0 Å². The lowest BCUT2D eigenvalue weighted by Crippen LogP contribution is -2.38. The molecule has 1 atom stereocenters. The van der Waals surface area contributed by atoms with Crippen molar-refractivity contribution in [2.75, 3.05) is 12.3 Å². The van der Waals surface area contributed by atoms with Crippen LogP contribution in [0, 0.1) is 0 Å². The third kappa shape index (κ3) is 3.39. The Bertz CT molecular complexity index is 390. The molecule has 0 bridgehead atoms. The number of hydrogen-bond donors (Lipinski definition) is 1. The zero-order chi connectivity index (χ0) is 13.0. The topological polar surface area (TPSA) is 29.3 Å². The van der Waals surface area contributed by atoms with Gasteiger partial charge in [-0.15, -0.1) is 0 Å². The van der Waals surface area contributed by atoms with Gasteiger partial charge in [-0.2, -0.15) is 0 Å². The molecule has 2 rings (SSSR count). The molecule has 1 aliphatic heterocycles. The summed E-state index contributed by atoms with van der Waals surface area (Å²) in [6.45, 7) is 4.39. The Morgan fingerprint density at radius 3 is 3.00 bits per heavy atom. The quantitative estimate of drug-likeness (QED) is 0.832. The van der Waals surface area contributed by atoms with Crippen LogP contribution in [0.5, 0.6) is 0 Å². The molecule has 100 valence electrons. The van der Waals surface area contributed by atoms with Crippen LogP contribution in [-0.2, 0) is 6.54 Å². The van der Waals surface area contributed by atoms with E-state index in [-0.39, 0.29) is 0 Å². The second kappa shape index (κ2) is 6.44. The van der Waals surface area contributed by atoms with Crippen LogP contribution in [0.2, 0.25) is 5.02 Å². The predicted octanol–water partition coefficient (Wildman–Crippen LogP) is 4.08. The first-order chi connectivity index (χ1) is 8.70. The number of nitrogen functional groups attached to an aromatic ring is 1. The fraction of sp³-hybridized carbons (Fsp3) is 0.600. The monoisotopic (exact) mass is 266 g/mol. The molecule has 0 spiro atoms. The first-order valence-corrected chi connectivity index (χ1v) is 7.36. The molecule has 1 saturated heterocycles. The van der Waals surface area contributed by atoms with Crippen molar-refractivity contribution in [1.29, 1.82) is 0 Å². The van der Waals surface area contributed by atoms with Gasteiger partial charge in [-0.25, -0.2) is 0 Å². The number of hydrogen-bond acceptors (Lipinski definition) is 2. The minimum absolute atomic E-state index is 0.723. The van der Waals surface area contributed by atoms with Gasteiger partial charge in [0.2, 0.25) is 0 Å². The van der Waals surface area contributed by atoms with Crippen molar-refractivity contribution in [3.8, 4) is 0 Å². The molecule has 3 heteroatoms. The lowest BCUT2D eigenvalue weighted by molar-refractivity contribution is 0.131. The maximum Gasteiger partial charge on any atom is 0.0452 e. The highest BCUT2D eigenvalue weighted by molar-refractivity contribution is 6.31. The largest absolute Gasteiger partial charge is 0.399 e. The zero-order valence-corrected chi connectivity index (χ0v) is 11.9. The number of likely N-dealkylation sites (tertiary alicyclic amines) is 1. The summed E-state index contributed by atoms with van der Waals surface area (Å²) in [6, 6.07) is 6.51. The molecule has 1 aromatic rings. The molecule has 1 heterocycles. The summed E-state index contributed by atoms with van der Waals surface area (Å²) in [5.41, 5.74) is 7.82. The van der Waals surface area contributed by atoms with Crippen molar-refractivity contribution < 1.29 is 0 Å². The van der Waals surface area contributed by atoms with Crippen LogP contribution >= 0.6 is 11.6 Å². The van der Waals surface area contributed by atoms with Gasteiger partial charge in [0.1, 0.15) is 0 Å². The molecule has 0 aliphatic carbocycles. The number of benzene rings is 1. The third-order valence-electron chi connectivity index (χ3n) is 3.81. The Balaban J connectivity index is 2.08. The van der Waals surface area contributed by atoms with E-state index in [2.05, 4.69) is 11.8 Å². The standard InChI is InChI=1S/C15H23ClN2/c1-2-5-14-6-3-4-9-18(14)11-12-10-13(17)7-8-15(12)16/h7-8,10,14H,2-6,9,11,17H2,1H3. The van der Waals surface area contributed by atoms with Gasteiger partial charge in [-0.1, -0.05) is 31.4 Å². The summed E-state index contributed by atoms with van der Waals surface area (Å²) in [6.07, 6.45) is 6.55. The van der Waals surface area contributed by atoms with E-state index in [1.54, 1.807) is 0 Å². The van der Waals surface area contributed by atoms with Gasteiger partial charge in [-0.3, -0.25) is 4.90 Å².